The van der Waals surface area contributed by atoms with Gasteiger partial charge >= 0.3 is 0 Å². The standard InChI is InChI=1S/C17H13ClN4O/c18-12-6-4-5-11(9-12)14-10-20-16(19)15(22-14)17(23)21-13-7-2-1-3-8-13/h1-10H,(H2,19,20)(H,21,23). The van der Waals surface area contributed by atoms with E-state index in [-0.39, 0.29) is 11.5 Å². The van der Waals surface area contributed by atoms with Gasteiger partial charge < -0.3 is 11.1 Å². The van der Waals surface area contributed by atoms with Crippen molar-refractivity contribution in [2.24, 2.45) is 0 Å². The Morgan fingerprint density at radius 2 is 1.87 bits per heavy atom. The molecule has 3 rings (SSSR count). The third-order valence-corrected chi connectivity index (χ3v) is 3.40. The van der Waals surface area contributed by atoms with Crippen LogP contribution in [0, 0.1) is 0 Å². The Bertz CT molecular complexity index is 852. The number of hydrogen-bond acceptors (Lipinski definition) is 4. The normalized spacial score (nSPS) is 10.3. The molecule has 0 bridgehead atoms. The summed E-state index contributed by atoms with van der Waals surface area (Å²) >= 11 is 5.98. The maximum atomic E-state index is 12.4. The first-order valence-corrected chi connectivity index (χ1v) is 7.26. The second-order valence-electron chi connectivity index (χ2n) is 4.82. The van der Waals surface area contributed by atoms with E-state index in [1.165, 1.54) is 6.20 Å². The van der Waals surface area contributed by atoms with Crippen molar-refractivity contribution in [3.63, 3.8) is 0 Å². The molecule has 0 fully saturated rings. The van der Waals surface area contributed by atoms with Crippen LogP contribution in [0.15, 0.2) is 60.8 Å². The molecule has 3 N–H and O–H groups in total. The zero-order valence-electron chi connectivity index (χ0n) is 12.0. The summed E-state index contributed by atoms with van der Waals surface area (Å²) in [7, 11) is 0. The number of aromatic nitrogens is 2. The van der Waals surface area contributed by atoms with Crippen LogP contribution in [-0.4, -0.2) is 15.9 Å². The molecular weight excluding hydrogens is 312 g/mol. The number of halogens is 1. The molecule has 1 aromatic heterocycles. The van der Waals surface area contributed by atoms with Crippen LogP contribution in [0.2, 0.25) is 5.02 Å². The number of nitrogens with zero attached hydrogens (tertiary/aromatic N) is 2. The number of carbonyl (C=O) groups is 1. The van der Waals surface area contributed by atoms with Crippen molar-refractivity contribution in [3.8, 4) is 11.3 Å². The molecule has 0 spiro atoms. The van der Waals surface area contributed by atoms with Crippen LogP contribution >= 0.6 is 11.6 Å². The van der Waals surface area contributed by atoms with Crippen molar-refractivity contribution in [2.45, 2.75) is 0 Å². The van der Waals surface area contributed by atoms with E-state index < -0.39 is 5.91 Å². The summed E-state index contributed by atoms with van der Waals surface area (Å²) in [6.45, 7) is 0. The molecule has 2 aromatic carbocycles. The molecule has 0 aliphatic carbocycles. The molecule has 0 radical (unpaired) electrons. The highest BCUT2D eigenvalue weighted by Gasteiger charge is 2.15. The number of amides is 1. The number of nitrogen functional groups attached to an aromatic ring is 1. The Balaban J connectivity index is 1.93. The Morgan fingerprint density at radius 1 is 1.09 bits per heavy atom. The van der Waals surface area contributed by atoms with Crippen LogP contribution in [0.1, 0.15) is 10.5 Å². The fraction of sp³-hybridized carbons (Fsp3) is 0. The van der Waals surface area contributed by atoms with E-state index in [0.29, 0.717) is 16.4 Å². The van der Waals surface area contributed by atoms with E-state index in [1.807, 2.05) is 24.3 Å². The minimum absolute atomic E-state index is 0.0733. The summed E-state index contributed by atoms with van der Waals surface area (Å²) < 4.78 is 0. The van der Waals surface area contributed by atoms with Crippen LogP contribution in [0.25, 0.3) is 11.3 Å². The van der Waals surface area contributed by atoms with Crippen molar-refractivity contribution >= 4 is 29.0 Å². The van der Waals surface area contributed by atoms with E-state index in [0.717, 1.165) is 5.56 Å². The Labute approximate surface area is 138 Å². The van der Waals surface area contributed by atoms with Gasteiger partial charge in [-0.05, 0) is 24.3 Å². The number of nitrogens with one attached hydrogen (secondary N) is 1. The number of carbonyl (C=O) groups excluding carboxylic acids is 1. The van der Waals surface area contributed by atoms with Gasteiger partial charge in [-0.1, -0.05) is 41.9 Å². The third-order valence-electron chi connectivity index (χ3n) is 3.17. The van der Waals surface area contributed by atoms with Gasteiger partial charge in [0.05, 0.1) is 11.9 Å². The molecule has 6 heteroatoms. The van der Waals surface area contributed by atoms with Crippen LogP contribution in [0.4, 0.5) is 11.5 Å². The second kappa shape index (κ2) is 6.46. The summed E-state index contributed by atoms with van der Waals surface area (Å²) in [5.41, 5.74) is 7.82. The molecule has 0 saturated carbocycles. The molecule has 1 amide bonds. The molecule has 114 valence electrons. The van der Waals surface area contributed by atoms with E-state index in [2.05, 4.69) is 15.3 Å². The zero-order chi connectivity index (χ0) is 16.2. The number of benzene rings is 2. The summed E-state index contributed by atoms with van der Waals surface area (Å²) in [5.74, 6) is -0.339. The molecule has 5 nitrogen and oxygen atoms in total. The number of anilines is 2. The van der Waals surface area contributed by atoms with Gasteiger partial charge in [0.1, 0.15) is 0 Å². The predicted molar refractivity (Wildman–Crippen MR) is 91.3 cm³/mol. The maximum absolute atomic E-state index is 12.4. The minimum Gasteiger partial charge on any atom is -0.382 e. The molecule has 3 aromatic rings. The average molecular weight is 325 g/mol. The number of rotatable bonds is 3. The van der Waals surface area contributed by atoms with Crippen molar-refractivity contribution in [3.05, 3.63) is 71.5 Å². The van der Waals surface area contributed by atoms with Crippen molar-refractivity contribution in [2.75, 3.05) is 11.1 Å². The van der Waals surface area contributed by atoms with Gasteiger partial charge in [0, 0.05) is 16.3 Å². The van der Waals surface area contributed by atoms with Crippen molar-refractivity contribution in [1.82, 2.24) is 9.97 Å². The first kappa shape index (κ1) is 15.0. The molecule has 0 atom stereocenters. The fourth-order valence-electron chi connectivity index (χ4n) is 2.06. The molecule has 0 saturated heterocycles. The van der Waals surface area contributed by atoms with Crippen LogP contribution in [0.3, 0.4) is 0 Å². The van der Waals surface area contributed by atoms with Gasteiger partial charge in [-0.3, -0.25) is 4.79 Å². The smallest absolute Gasteiger partial charge is 0.278 e. The van der Waals surface area contributed by atoms with Gasteiger partial charge in [0.25, 0.3) is 5.91 Å². The lowest BCUT2D eigenvalue weighted by Gasteiger charge is -2.08. The van der Waals surface area contributed by atoms with Crippen molar-refractivity contribution in [1.29, 1.82) is 0 Å². The lowest BCUT2D eigenvalue weighted by molar-refractivity contribution is 0.102. The topological polar surface area (TPSA) is 80.9 Å². The number of hydrogen-bond donors (Lipinski definition) is 2. The highest BCUT2D eigenvalue weighted by Crippen LogP contribution is 2.22. The Hall–Kier alpha value is -2.92. The molecule has 0 unspecified atom stereocenters. The largest absolute Gasteiger partial charge is 0.382 e. The Kier molecular flexibility index (Phi) is 4.21. The maximum Gasteiger partial charge on any atom is 0.278 e. The Morgan fingerprint density at radius 3 is 2.61 bits per heavy atom. The van der Waals surface area contributed by atoms with Gasteiger partial charge in [0.2, 0.25) is 0 Å². The lowest BCUT2D eigenvalue weighted by Crippen LogP contribution is -2.17. The summed E-state index contributed by atoms with van der Waals surface area (Å²) in [6, 6.07) is 16.2. The molecule has 0 aliphatic rings. The fourth-order valence-corrected chi connectivity index (χ4v) is 2.25. The molecular formula is C17H13ClN4O. The SMILES string of the molecule is Nc1ncc(-c2cccc(Cl)c2)nc1C(=O)Nc1ccccc1. The lowest BCUT2D eigenvalue weighted by atomic mass is 10.1. The first-order valence-electron chi connectivity index (χ1n) is 6.88. The van der Waals surface area contributed by atoms with E-state index in [4.69, 9.17) is 17.3 Å². The van der Waals surface area contributed by atoms with Gasteiger partial charge in [-0.2, -0.15) is 0 Å². The van der Waals surface area contributed by atoms with Crippen LogP contribution in [0.5, 0.6) is 0 Å². The average Bonchev–Trinajstić information content (AvgIpc) is 2.56. The highest BCUT2D eigenvalue weighted by molar-refractivity contribution is 6.30. The highest BCUT2D eigenvalue weighted by atomic mass is 35.5. The molecule has 1 heterocycles. The first-order chi connectivity index (χ1) is 11.1. The van der Waals surface area contributed by atoms with E-state index in [1.54, 1.807) is 30.3 Å². The third kappa shape index (κ3) is 3.46. The van der Waals surface area contributed by atoms with E-state index >= 15 is 0 Å². The quantitative estimate of drug-likeness (QED) is 0.770. The van der Waals surface area contributed by atoms with E-state index in [9.17, 15) is 4.79 Å². The summed E-state index contributed by atoms with van der Waals surface area (Å²) in [6.07, 6.45) is 1.51. The molecule has 23 heavy (non-hydrogen) atoms. The van der Waals surface area contributed by atoms with Gasteiger partial charge in [-0.25, -0.2) is 9.97 Å². The number of nitrogens with two attached hydrogens (primary N) is 1. The summed E-state index contributed by atoms with van der Waals surface area (Å²) in [5, 5.41) is 3.32. The second-order valence-corrected chi connectivity index (χ2v) is 5.26. The van der Waals surface area contributed by atoms with Gasteiger partial charge in [0.15, 0.2) is 11.5 Å². The predicted octanol–water partition coefficient (Wildman–Crippen LogP) is 3.63. The van der Waals surface area contributed by atoms with Gasteiger partial charge in [-0.15, -0.1) is 0 Å². The van der Waals surface area contributed by atoms with Crippen LogP contribution in [-0.2, 0) is 0 Å². The van der Waals surface area contributed by atoms with Crippen LogP contribution < -0.4 is 11.1 Å². The number of para-hydroxylation sites is 1. The summed E-state index contributed by atoms with van der Waals surface area (Å²) in [4.78, 5) is 20.7. The zero-order valence-corrected chi connectivity index (χ0v) is 12.8. The molecule has 0 aliphatic heterocycles. The van der Waals surface area contributed by atoms with Crippen molar-refractivity contribution < 1.29 is 4.79 Å². The minimum atomic E-state index is -0.412. The monoisotopic (exact) mass is 324 g/mol.